The normalized spacial score (nSPS) is 11.3. The van der Waals surface area contributed by atoms with Gasteiger partial charge in [0, 0.05) is 26.6 Å². The zero-order chi connectivity index (χ0) is 19.0. The van der Waals surface area contributed by atoms with Gasteiger partial charge >= 0.3 is 0 Å². The van der Waals surface area contributed by atoms with Gasteiger partial charge in [-0.2, -0.15) is 0 Å². The second-order valence-electron chi connectivity index (χ2n) is 5.95. The Morgan fingerprint density at radius 2 is 1.69 bits per heavy atom. The van der Waals surface area contributed by atoms with Gasteiger partial charge in [-0.25, -0.2) is 17.5 Å². The first-order valence-electron chi connectivity index (χ1n) is 8.43. The second-order valence-corrected chi connectivity index (χ2v) is 7.71. The first kappa shape index (κ1) is 20.1. The van der Waals surface area contributed by atoms with Crippen LogP contribution < -0.4 is 4.72 Å². The highest BCUT2D eigenvalue weighted by atomic mass is 32.2. The largest absolute Gasteiger partial charge is 0.342 e. The molecule has 0 atom stereocenters. The predicted molar refractivity (Wildman–Crippen MR) is 98.6 cm³/mol. The van der Waals surface area contributed by atoms with Crippen LogP contribution in [-0.4, -0.2) is 38.9 Å². The van der Waals surface area contributed by atoms with Gasteiger partial charge in [0.05, 0.1) is 4.90 Å². The van der Waals surface area contributed by atoms with Crippen molar-refractivity contribution < 1.29 is 17.6 Å². The lowest BCUT2D eigenvalue weighted by atomic mass is 10.1. The Balaban J connectivity index is 1.82. The number of hydrogen-bond donors (Lipinski definition) is 1. The summed E-state index contributed by atoms with van der Waals surface area (Å²) in [5.74, 6) is -0.593. The molecule has 0 fully saturated rings. The van der Waals surface area contributed by atoms with Gasteiger partial charge in [0.25, 0.3) is 0 Å². The van der Waals surface area contributed by atoms with Crippen LogP contribution in [-0.2, 0) is 21.2 Å². The zero-order valence-corrected chi connectivity index (χ0v) is 15.5. The number of aryl methyl sites for hydroxylation is 1. The highest BCUT2D eigenvalue weighted by Crippen LogP contribution is 2.09. The van der Waals surface area contributed by atoms with E-state index >= 15 is 0 Å². The molecule has 1 amide bonds. The summed E-state index contributed by atoms with van der Waals surface area (Å²) in [5.41, 5.74) is 1.20. The fourth-order valence-electron chi connectivity index (χ4n) is 2.56. The Morgan fingerprint density at radius 3 is 2.31 bits per heavy atom. The number of halogens is 1. The summed E-state index contributed by atoms with van der Waals surface area (Å²) in [6.07, 6.45) is 1.65. The van der Waals surface area contributed by atoms with Crippen LogP contribution in [0.2, 0.25) is 0 Å². The van der Waals surface area contributed by atoms with E-state index < -0.39 is 15.8 Å². The third-order valence-corrected chi connectivity index (χ3v) is 5.46. The Morgan fingerprint density at radius 1 is 1.04 bits per heavy atom. The van der Waals surface area contributed by atoms with Crippen molar-refractivity contribution >= 4 is 15.9 Å². The van der Waals surface area contributed by atoms with Crippen molar-refractivity contribution in [3.8, 4) is 0 Å². The van der Waals surface area contributed by atoms with E-state index in [0.717, 1.165) is 25.0 Å². The molecule has 0 unspecified atom stereocenters. The Labute approximate surface area is 153 Å². The van der Waals surface area contributed by atoms with Crippen molar-refractivity contribution in [1.82, 2.24) is 9.62 Å². The summed E-state index contributed by atoms with van der Waals surface area (Å²) in [7, 11) is -3.72. The second kappa shape index (κ2) is 9.45. The van der Waals surface area contributed by atoms with Gasteiger partial charge in [0.1, 0.15) is 5.82 Å². The van der Waals surface area contributed by atoms with E-state index in [0.29, 0.717) is 6.54 Å². The fourth-order valence-corrected chi connectivity index (χ4v) is 3.58. The molecule has 0 radical (unpaired) electrons. The van der Waals surface area contributed by atoms with Crippen LogP contribution in [0.4, 0.5) is 4.39 Å². The van der Waals surface area contributed by atoms with Gasteiger partial charge < -0.3 is 4.90 Å². The molecule has 0 saturated carbocycles. The minimum Gasteiger partial charge on any atom is -0.342 e. The van der Waals surface area contributed by atoms with E-state index in [4.69, 9.17) is 0 Å². The molecular formula is C19H23FN2O3S. The van der Waals surface area contributed by atoms with Crippen molar-refractivity contribution in [2.45, 2.75) is 24.7 Å². The molecule has 5 nitrogen and oxygen atoms in total. The zero-order valence-electron chi connectivity index (χ0n) is 14.7. The van der Waals surface area contributed by atoms with E-state index in [9.17, 15) is 17.6 Å². The molecule has 0 saturated heterocycles. The summed E-state index contributed by atoms with van der Waals surface area (Å²) in [6, 6.07) is 14.6. The lowest BCUT2D eigenvalue weighted by Crippen LogP contribution is -2.38. The molecule has 0 heterocycles. The molecule has 2 aromatic rings. The van der Waals surface area contributed by atoms with Crippen LogP contribution in [0.1, 0.15) is 18.9 Å². The number of nitrogens with one attached hydrogen (secondary N) is 1. The number of hydrogen-bond acceptors (Lipinski definition) is 3. The van der Waals surface area contributed by atoms with E-state index in [1.807, 2.05) is 30.3 Å². The Hall–Kier alpha value is -2.25. The molecule has 7 heteroatoms. The molecule has 1 N–H and O–H groups in total. The molecule has 0 aliphatic carbocycles. The average Bonchev–Trinajstić information content (AvgIpc) is 2.61. The number of benzene rings is 2. The van der Waals surface area contributed by atoms with Crippen LogP contribution in [0.25, 0.3) is 0 Å². The monoisotopic (exact) mass is 378 g/mol. The number of rotatable bonds is 9. The molecule has 140 valence electrons. The molecule has 0 aliphatic heterocycles. The molecular weight excluding hydrogens is 355 g/mol. The first-order valence-corrected chi connectivity index (χ1v) is 9.91. The van der Waals surface area contributed by atoms with Gasteiger partial charge in [-0.15, -0.1) is 0 Å². The van der Waals surface area contributed by atoms with E-state index in [1.54, 1.807) is 4.90 Å². The highest BCUT2D eigenvalue weighted by Gasteiger charge is 2.15. The predicted octanol–water partition coefficient (Wildman–Crippen LogP) is 2.59. The number of sulfonamides is 1. The van der Waals surface area contributed by atoms with Gasteiger partial charge in [-0.3, -0.25) is 4.79 Å². The number of carbonyl (C=O) groups excluding carboxylic acids is 1. The van der Waals surface area contributed by atoms with Gasteiger partial charge in [-0.1, -0.05) is 30.3 Å². The van der Waals surface area contributed by atoms with Crippen molar-refractivity contribution in [2.24, 2.45) is 0 Å². The fraction of sp³-hybridized carbons (Fsp3) is 0.316. The molecule has 0 aliphatic rings. The van der Waals surface area contributed by atoms with Crippen LogP contribution >= 0.6 is 0 Å². The molecule has 0 spiro atoms. The molecule has 2 rings (SSSR count). The Kier molecular flexibility index (Phi) is 7.29. The minimum atomic E-state index is -3.72. The number of nitrogens with zero attached hydrogens (tertiary/aromatic N) is 1. The van der Waals surface area contributed by atoms with Gasteiger partial charge in [-0.05, 0) is 42.7 Å². The molecule has 2 aromatic carbocycles. The quantitative estimate of drug-likeness (QED) is 0.729. The molecule has 0 bridgehead atoms. The van der Waals surface area contributed by atoms with Crippen molar-refractivity contribution in [3.05, 3.63) is 66.0 Å². The van der Waals surface area contributed by atoms with Gasteiger partial charge in [0.15, 0.2) is 0 Å². The molecule has 26 heavy (non-hydrogen) atoms. The summed E-state index contributed by atoms with van der Waals surface area (Å²) >= 11 is 0. The van der Waals surface area contributed by atoms with E-state index in [2.05, 4.69) is 4.72 Å². The molecule has 0 aromatic heterocycles. The third kappa shape index (κ3) is 6.24. The SMILES string of the molecule is CC(=O)N(CCCc1ccccc1)CCNS(=O)(=O)c1ccc(F)cc1. The summed E-state index contributed by atoms with van der Waals surface area (Å²) in [4.78, 5) is 13.4. The topological polar surface area (TPSA) is 66.5 Å². The first-order chi connectivity index (χ1) is 12.4. The summed E-state index contributed by atoms with van der Waals surface area (Å²) < 4.78 is 39.7. The van der Waals surface area contributed by atoms with E-state index in [-0.39, 0.29) is 23.9 Å². The van der Waals surface area contributed by atoms with Gasteiger partial charge in [0.2, 0.25) is 15.9 Å². The summed E-state index contributed by atoms with van der Waals surface area (Å²) in [6.45, 7) is 2.41. The standard InChI is InChI=1S/C19H23FN2O3S/c1-16(23)22(14-5-8-17-6-3-2-4-7-17)15-13-21-26(24,25)19-11-9-18(20)10-12-19/h2-4,6-7,9-12,21H,5,8,13-15H2,1H3. The highest BCUT2D eigenvalue weighted by molar-refractivity contribution is 7.89. The third-order valence-electron chi connectivity index (χ3n) is 3.98. The Bertz CT molecular complexity index is 808. The van der Waals surface area contributed by atoms with Crippen LogP contribution in [0.15, 0.2) is 59.5 Å². The van der Waals surface area contributed by atoms with Crippen LogP contribution in [0, 0.1) is 5.82 Å². The maximum absolute atomic E-state index is 12.9. The maximum Gasteiger partial charge on any atom is 0.240 e. The van der Waals surface area contributed by atoms with Crippen molar-refractivity contribution in [3.63, 3.8) is 0 Å². The van der Waals surface area contributed by atoms with E-state index in [1.165, 1.54) is 24.6 Å². The smallest absolute Gasteiger partial charge is 0.240 e. The lowest BCUT2D eigenvalue weighted by molar-refractivity contribution is -0.128. The number of amides is 1. The number of carbonyl (C=O) groups is 1. The van der Waals surface area contributed by atoms with Crippen LogP contribution in [0.3, 0.4) is 0 Å². The average molecular weight is 378 g/mol. The van der Waals surface area contributed by atoms with Crippen molar-refractivity contribution in [2.75, 3.05) is 19.6 Å². The van der Waals surface area contributed by atoms with Crippen molar-refractivity contribution in [1.29, 1.82) is 0 Å². The minimum absolute atomic E-state index is 0.00245. The van der Waals surface area contributed by atoms with Crippen LogP contribution in [0.5, 0.6) is 0 Å². The maximum atomic E-state index is 12.9. The summed E-state index contributed by atoms with van der Waals surface area (Å²) in [5, 5.41) is 0. The lowest BCUT2D eigenvalue weighted by Gasteiger charge is -2.21.